The van der Waals surface area contributed by atoms with Gasteiger partial charge in [0.2, 0.25) is 0 Å². The van der Waals surface area contributed by atoms with E-state index in [2.05, 4.69) is 0 Å². The fourth-order valence-corrected chi connectivity index (χ4v) is 1.74. The molecule has 0 atom stereocenters. The molecule has 0 fully saturated rings. The molecule has 0 N–H and O–H groups in total. The van der Waals surface area contributed by atoms with Crippen LogP contribution in [0.25, 0.3) is 0 Å². The second-order valence-corrected chi connectivity index (χ2v) is 8.02. The summed E-state index contributed by atoms with van der Waals surface area (Å²) in [5.41, 5.74) is 0.294. The lowest BCUT2D eigenvalue weighted by Crippen LogP contribution is -2.23. The molecule has 0 spiro atoms. The summed E-state index contributed by atoms with van der Waals surface area (Å²) in [7, 11) is 3.95. The average molecular weight is 307 g/mol. The molecule has 3 nitrogen and oxygen atoms in total. The van der Waals surface area contributed by atoms with Crippen molar-refractivity contribution < 1.29 is 9.59 Å². The fraction of sp³-hybridized carbons (Fsp3) is 0.684. The van der Waals surface area contributed by atoms with Gasteiger partial charge in [-0.05, 0) is 46.0 Å². The van der Waals surface area contributed by atoms with Gasteiger partial charge in [-0.2, -0.15) is 0 Å². The number of likely N-dealkylation sites (N-methyl/N-ethyl adjacent to an activating group) is 1. The maximum atomic E-state index is 12.2. The van der Waals surface area contributed by atoms with E-state index in [0.29, 0.717) is 0 Å². The quantitative estimate of drug-likeness (QED) is 0.635. The molecule has 0 radical (unpaired) electrons. The van der Waals surface area contributed by atoms with Gasteiger partial charge in [0, 0.05) is 17.4 Å². The van der Waals surface area contributed by atoms with Crippen molar-refractivity contribution in [3.8, 4) is 0 Å². The van der Waals surface area contributed by atoms with Gasteiger partial charge in [0.05, 0.1) is 0 Å². The Bertz CT molecular complexity index is 449. The number of hydrogen-bond acceptors (Lipinski definition) is 3. The first kappa shape index (κ1) is 20.8. The molecule has 0 heterocycles. The molecule has 3 heteroatoms. The van der Waals surface area contributed by atoms with Crippen molar-refractivity contribution in [2.24, 2.45) is 10.8 Å². The van der Waals surface area contributed by atoms with Crippen molar-refractivity contribution in [2.45, 2.75) is 54.4 Å². The van der Waals surface area contributed by atoms with Crippen LogP contribution in [0.5, 0.6) is 0 Å². The summed E-state index contributed by atoms with van der Waals surface area (Å²) in [6, 6.07) is 0. The van der Waals surface area contributed by atoms with Crippen LogP contribution in [0.2, 0.25) is 0 Å². The molecule has 0 aliphatic rings. The number of hydrogen-bond donors (Lipinski definition) is 0. The predicted molar refractivity (Wildman–Crippen MR) is 93.9 cm³/mol. The smallest absolute Gasteiger partial charge is 0.161 e. The Kier molecular flexibility index (Phi) is 7.96. The van der Waals surface area contributed by atoms with Crippen LogP contribution in [-0.2, 0) is 9.59 Å². The largest absolute Gasteiger partial charge is 0.306 e. The van der Waals surface area contributed by atoms with Crippen LogP contribution < -0.4 is 0 Å². The number of allylic oxidation sites excluding steroid dienone is 3. The number of nitrogens with zero attached hydrogens (tertiary/aromatic N) is 1. The third kappa shape index (κ3) is 8.28. The molecule has 0 bridgehead atoms. The Morgan fingerprint density at radius 3 is 2.00 bits per heavy atom. The normalized spacial score (nSPS) is 14.0. The zero-order chi connectivity index (χ0) is 17.6. The lowest BCUT2D eigenvalue weighted by molar-refractivity contribution is -0.122. The topological polar surface area (TPSA) is 37.4 Å². The molecular formula is C19H33NO2. The van der Waals surface area contributed by atoms with E-state index in [1.807, 2.05) is 66.6 Å². The molecule has 0 saturated heterocycles. The summed E-state index contributed by atoms with van der Waals surface area (Å²) in [6.07, 6.45) is 6.82. The maximum absolute atomic E-state index is 12.2. The van der Waals surface area contributed by atoms with Gasteiger partial charge < -0.3 is 4.90 Å². The van der Waals surface area contributed by atoms with Gasteiger partial charge in [0.25, 0.3) is 0 Å². The highest BCUT2D eigenvalue weighted by Gasteiger charge is 2.25. The minimum absolute atomic E-state index is 0.139. The fourth-order valence-electron chi connectivity index (χ4n) is 1.74. The zero-order valence-corrected chi connectivity index (χ0v) is 15.6. The highest BCUT2D eigenvalue weighted by atomic mass is 16.1. The van der Waals surface area contributed by atoms with Gasteiger partial charge in [0.15, 0.2) is 11.6 Å². The van der Waals surface area contributed by atoms with Crippen molar-refractivity contribution >= 4 is 11.6 Å². The monoisotopic (exact) mass is 307 g/mol. The molecule has 22 heavy (non-hydrogen) atoms. The van der Waals surface area contributed by atoms with Crippen LogP contribution in [0.15, 0.2) is 23.8 Å². The first-order valence-corrected chi connectivity index (χ1v) is 7.93. The van der Waals surface area contributed by atoms with E-state index in [1.54, 1.807) is 12.2 Å². The van der Waals surface area contributed by atoms with Crippen LogP contribution in [0.3, 0.4) is 0 Å². The Morgan fingerprint density at radius 1 is 1.00 bits per heavy atom. The number of rotatable bonds is 8. The minimum atomic E-state index is -0.400. The van der Waals surface area contributed by atoms with Gasteiger partial charge in [-0.1, -0.05) is 46.3 Å². The first-order valence-electron chi connectivity index (χ1n) is 7.93. The summed E-state index contributed by atoms with van der Waals surface area (Å²) in [4.78, 5) is 26.2. The van der Waals surface area contributed by atoms with Crippen LogP contribution in [-0.4, -0.2) is 37.1 Å². The van der Waals surface area contributed by atoms with Gasteiger partial charge in [-0.25, -0.2) is 0 Å². The summed E-state index contributed by atoms with van der Waals surface area (Å²) in [5.74, 6) is 0.282. The molecule has 0 aromatic heterocycles. The Hall–Kier alpha value is -1.22. The molecule has 0 rings (SSSR count). The molecule has 0 aromatic carbocycles. The molecule has 126 valence electrons. The summed E-state index contributed by atoms with van der Waals surface area (Å²) in [6.45, 7) is 12.4. The van der Waals surface area contributed by atoms with E-state index >= 15 is 0 Å². The minimum Gasteiger partial charge on any atom is -0.306 e. The highest BCUT2D eigenvalue weighted by molar-refractivity contribution is 5.95. The van der Waals surface area contributed by atoms with E-state index in [0.717, 1.165) is 25.0 Å². The third-order valence-electron chi connectivity index (χ3n) is 3.67. The number of ketones is 2. The van der Waals surface area contributed by atoms with E-state index in [-0.39, 0.29) is 17.0 Å². The number of carbonyl (C=O) groups excluding carboxylic acids is 2. The first-order chi connectivity index (χ1) is 9.86. The average Bonchev–Trinajstić information content (AvgIpc) is 2.34. The van der Waals surface area contributed by atoms with Crippen molar-refractivity contribution in [3.63, 3.8) is 0 Å². The van der Waals surface area contributed by atoms with Crippen molar-refractivity contribution in [1.82, 2.24) is 4.90 Å². The highest BCUT2D eigenvalue weighted by Crippen LogP contribution is 2.27. The molecule has 0 aliphatic carbocycles. The van der Waals surface area contributed by atoms with Crippen molar-refractivity contribution in [2.75, 3.05) is 20.6 Å². The molecule has 0 aromatic rings. The van der Waals surface area contributed by atoms with Gasteiger partial charge in [0.1, 0.15) is 0 Å². The second-order valence-electron chi connectivity index (χ2n) is 8.02. The lowest BCUT2D eigenvalue weighted by atomic mass is 9.81. The second kappa shape index (κ2) is 8.42. The molecular weight excluding hydrogens is 274 g/mol. The van der Waals surface area contributed by atoms with Gasteiger partial charge in [-0.3, -0.25) is 9.59 Å². The van der Waals surface area contributed by atoms with E-state index in [9.17, 15) is 9.59 Å². The Morgan fingerprint density at radius 2 is 1.55 bits per heavy atom. The van der Waals surface area contributed by atoms with E-state index < -0.39 is 5.41 Å². The molecule has 0 amide bonds. The van der Waals surface area contributed by atoms with Crippen LogP contribution in [0.4, 0.5) is 0 Å². The van der Waals surface area contributed by atoms with Crippen molar-refractivity contribution in [1.29, 1.82) is 0 Å². The van der Waals surface area contributed by atoms with Gasteiger partial charge in [-0.15, -0.1) is 0 Å². The van der Waals surface area contributed by atoms with Crippen molar-refractivity contribution in [3.05, 3.63) is 23.8 Å². The maximum Gasteiger partial charge on any atom is 0.161 e. The molecule has 0 saturated carbocycles. The summed E-state index contributed by atoms with van der Waals surface area (Å²) in [5, 5.41) is 0. The lowest BCUT2D eigenvalue weighted by Gasteiger charge is -2.22. The SMILES string of the molecule is C/C(=C\C(=O)C(C)(C)C)CCC(C)(C)C(=O)/C=C/CN(C)C. The van der Waals surface area contributed by atoms with E-state index in [4.69, 9.17) is 0 Å². The zero-order valence-electron chi connectivity index (χ0n) is 15.6. The van der Waals surface area contributed by atoms with Crippen LogP contribution >= 0.6 is 0 Å². The number of carbonyl (C=O) groups is 2. The predicted octanol–water partition coefficient (Wildman–Crippen LogP) is 4.04. The molecule has 0 unspecified atom stereocenters. The standard InChI is InChI=1S/C19H33NO2/c1-15(14-17(22)18(2,3)4)11-12-19(5,6)16(21)10-9-13-20(7)8/h9-10,14H,11-13H2,1-8H3/b10-9+,15-14+. The summed E-state index contributed by atoms with van der Waals surface area (Å²) >= 11 is 0. The van der Waals surface area contributed by atoms with E-state index in [1.165, 1.54) is 0 Å². The van der Waals surface area contributed by atoms with Crippen LogP contribution in [0, 0.1) is 10.8 Å². The van der Waals surface area contributed by atoms with Gasteiger partial charge >= 0.3 is 0 Å². The molecule has 0 aliphatic heterocycles. The Labute approximate surface area is 136 Å². The summed E-state index contributed by atoms with van der Waals surface area (Å²) < 4.78 is 0. The third-order valence-corrected chi connectivity index (χ3v) is 3.67. The van der Waals surface area contributed by atoms with Crippen LogP contribution in [0.1, 0.15) is 54.4 Å². The Balaban J connectivity index is 4.61.